The summed E-state index contributed by atoms with van der Waals surface area (Å²) in [6, 6.07) is 13.9. The maximum absolute atomic E-state index is 6.10. The van der Waals surface area contributed by atoms with Gasteiger partial charge in [-0.3, -0.25) is 4.57 Å². The van der Waals surface area contributed by atoms with E-state index in [0.717, 1.165) is 22.4 Å². The molecule has 0 radical (unpaired) electrons. The zero-order valence-electron chi connectivity index (χ0n) is 14.5. The van der Waals surface area contributed by atoms with Crippen molar-refractivity contribution >= 4 is 23.4 Å². The SMILES string of the molecule is Cc1ccc(-n2c(C)nnc2SCCOc2ccccc2Cl)cc1C. The highest BCUT2D eigenvalue weighted by Crippen LogP contribution is 2.25. The first-order chi connectivity index (χ1) is 12.1. The third kappa shape index (κ3) is 4.17. The first-order valence-corrected chi connectivity index (χ1v) is 9.42. The first-order valence-electron chi connectivity index (χ1n) is 8.06. The molecule has 1 aromatic heterocycles. The summed E-state index contributed by atoms with van der Waals surface area (Å²) in [5, 5.41) is 10.0. The quantitative estimate of drug-likeness (QED) is 0.449. The fourth-order valence-corrected chi connectivity index (χ4v) is 3.45. The van der Waals surface area contributed by atoms with Gasteiger partial charge >= 0.3 is 0 Å². The van der Waals surface area contributed by atoms with Crippen molar-refractivity contribution in [2.24, 2.45) is 0 Å². The molecule has 25 heavy (non-hydrogen) atoms. The summed E-state index contributed by atoms with van der Waals surface area (Å²) in [6.07, 6.45) is 0. The number of aryl methyl sites for hydroxylation is 3. The van der Waals surface area contributed by atoms with Crippen molar-refractivity contribution in [3.8, 4) is 11.4 Å². The lowest BCUT2D eigenvalue weighted by Crippen LogP contribution is -2.04. The Hall–Kier alpha value is -1.98. The largest absolute Gasteiger partial charge is 0.491 e. The van der Waals surface area contributed by atoms with Crippen molar-refractivity contribution < 1.29 is 4.74 Å². The minimum atomic E-state index is 0.549. The van der Waals surface area contributed by atoms with Gasteiger partial charge in [0.2, 0.25) is 0 Å². The molecular formula is C19H20ClN3OS. The van der Waals surface area contributed by atoms with Crippen LogP contribution in [0.4, 0.5) is 0 Å². The molecule has 0 fully saturated rings. The molecule has 3 aromatic rings. The van der Waals surface area contributed by atoms with Crippen molar-refractivity contribution in [3.05, 3.63) is 64.4 Å². The summed E-state index contributed by atoms with van der Waals surface area (Å²) in [7, 11) is 0. The van der Waals surface area contributed by atoms with Crippen LogP contribution in [0.5, 0.6) is 5.75 Å². The molecule has 1 heterocycles. The van der Waals surface area contributed by atoms with Crippen LogP contribution in [0, 0.1) is 20.8 Å². The lowest BCUT2D eigenvalue weighted by atomic mass is 10.1. The van der Waals surface area contributed by atoms with Crippen molar-refractivity contribution in [1.29, 1.82) is 0 Å². The van der Waals surface area contributed by atoms with Gasteiger partial charge in [0.15, 0.2) is 5.16 Å². The molecule has 0 saturated carbocycles. The van der Waals surface area contributed by atoms with Crippen LogP contribution in [0.1, 0.15) is 17.0 Å². The zero-order chi connectivity index (χ0) is 17.8. The van der Waals surface area contributed by atoms with Crippen molar-refractivity contribution in [2.45, 2.75) is 25.9 Å². The van der Waals surface area contributed by atoms with Gasteiger partial charge in [-0.25, -0.2) is 0 Å². The van der Waals surface area contributed by atoms with E-state index in [2.05, 4.69) is 46.8 Å². The maximum Gasteiger partial charge on any atom is 0.195 e. The molecule has 130 valence electrons. The Kier molecular flexibility index (Phi) is 5.66. The van der Waals surface area contributed by atoms with E-state index in [1.807, 2.05) is 31.2 Å². The Balaban J connectivity index is 1.67. The van der Waals surface area contributed by atoms with E-state index in [-0.39, 0.29) is 0 Å². The molecule has 4 nitrogen and oxygen atoms in total. The number of thioether (sulfide) groups is 1. The van der Waals surface area contributed by atoms with E-state index in [1.165, 1.54) is 11.1 Å². The molecule has 2 aromatic carbocycles. The summed E-state index contributed by atoms with van der Waals surface area (Å²) in [5.74, 6) is 2.34. The monoisotopic (exact) mass is 373 g/mol. The van der Waals surface area contributed by atoms with Crippen LogP contribution in [0.15, 0.2) is 47.6 Å². The molecule has 6 heteroatoms. The number of hydrogen-bond acceptors (Lipinski definition) is 4. The van der Waals surface area contributed by atoms with Gasteiger partial charge in [0.05, 0.1) is 11.6 Å². The second kappa shape index (κ2) is 7.93. The molecule has 0 unspecified atom stereocenters. The average molecular weight is 374 g/mol. The van der Waals surface area contributed by atoms with Crippen LogP contribution in [0.3, 0.4) is 0 Å². The highest BCUT2D eigenvalue weighted by atomic mass is 35.5. The number of halogens is 1. The van der Waals surface area contributed by atoms with E-state index in [0.29, 0.717) is 17.4 Å². The highest BCUT2D eigenvalue weighted by molar-refractivity contribution is 7.99. The van der Waals surface area contributed by atoms with Crippen molar-refractivity contribution in [2.75, 3.05) is 12.4 Å². The van der Waals surface area contributed by atoms with Crippen LogP contribution in [0.2, 0.25) is 5.02 Å². The van der Waals surface area contributed by atoms with E-state index in [1.54, 1.807) is 11.8 Å². The van der Waals surface area contributed by atoms with Gasteiger partial charge < -0.3 is 4.74 Å². The normalized spacial score (nSPS) is 10.9. The predicted octanol–water partition coefficient (Wildman–Crippen LogP) is 5.02. The van der Waals surface area contributed by atoms with Crippen LogP contribution >= 0.6 is 23.4 Å². The second-order valence-corrected chi connectivity index (χ2v) is 7.23. The third-order valence-electron chi connectivity index (χ3n) is 3.95. The number of rotatable bonds is 6. The van der Waals surface area contributed by atoms with Gasteiger partial charge in [-0.15, -0.1) is 10.2 Å². The van der Waals surface area contributed by atoms with Crippen molar-refractivity contribution in [3.63, 3.8) is 0 Å². The van der Waals surface area contributed by atoms with Gasteiger partial charge in [-0.2, -0.15) is 0 Å². The lowest BCUT2D eigenvalue weighted by molar-refractivity contribution is 0.344. The lowest BCUT2D eigenvalue weighted by Gasteiger charge is -2.11. The summed E-state index contributed by atoms with van der Waals surface area (Å²) >= 11 is 7.72. The van der Waals surface area contributed by atoms with E-state index in [9.17, 15) is 0 Å². The van der Waals surface area contributed by atoms with Crippen molar-refractivity contribution in [1.82, 2.24) is 14.8 Å². The second-order valence-electron chi connectivity index (χ2n) is 5.76. The number of aromatic nitrogens is 3. The van der Waals surface area contributed by atoms with Crippen LogP contribution in [-0.2, 0) is 0 Å². The number of hydrogen-bond donors (Lipinski definition) is 0. The number of nitrogens with zero attached hydrogens (tertiary/aromatic N) is 3. The average Bonchev–Trinajstić information content (AvgIpc) is 2.96. The fraction of sp³-hybridized carbons (Fsp3) is 0.263. The first kappa shape index (κ1) is 17.8. The standard InChI is InChI=1S/C19H20ClN3OS/c1-13-8-9-16(12-14(13)2)23-15(3)21-22-19(23)25-11-10-24-18-7-5-4-6-17(18)20/h4-9,12H,10-11H2,1-3H3. The Morgan fingerprint density at radius 2 is 1.84 bits per heavy atom. The Morgan fingerprint density at radius 3 is 2.60 bits per heavy atom. The molecule has 0 aliphatic rings. The summed E-state index contributed by atoms with van der Waals surface area (Å²) in [4.78, 5) is 0. The molecule has 0 bridgehead atoms. The van der Waals surface area contributed by atoms with Crippen LogP contribution in [-0.4, -0.2) is 27.1 Å². The molecule has 0 saturated heterocycles. The number of para-hydroxylation sites is 1. The number of ether oxygens (including phenoxy) is 1. The summed E-state index contributed by atoms with van der Waals surface area (Å²) in [6.45, 7) is 6.74. The molecule has 3 rings (SSSR count). The van der Waals surface area contributed by atoms with Crippen LogP contribution < -0.4 is 4.74 Å². The highest BCUT2D eigenvalue weighted by Gasteiger charge is 2.12. The van der Waals surface area contributed by atoms with E-state index < -0.39 is 0 Å². The Labute approximate surface area is 157 Å². The molecule has 0 spiro atoms. The zero-order valence-corrected chi connectivity index (χ0v) is 16.1. The smallest absolute Gasteiger partial charge is 0.195 e. The minimum absolute atomic E-state index is 0.549. The minimum Gasteiger partial charge on any atom is -0.491 e. The van der Waals surface area contributed by atoms with E-state index >= 15 is 0 Å². The number of benzene rings is 2. The fourth-order valence-electron chi connectivity index (χ4n) is 2.44. The summed E-state index contributed by atoms with van der Waals surface area (Å²) in [5.41, 5.74) is 3.61. The molecule has 0 amide bonds. The molecule has 0 aliphatic heterocycles. The maximum atomic E-state index is 6.10. The van der Waals surface area contributed by atoms with Gasteiger partial charge in [0.25, 0.3) is 0 Å². The predicted molar refractivity (Wildman–Crippen MR) is 103 cm³/mol. The van der Waals surface area contributed by atoms with Crippen LogP contribution in [0.25, 0.3) is 5.69 Å². The summed E-state index contributed by atoms with van der Waals surface area (Å²) < 4.78 is 7.81. The van der Waals surface area contributed by atoms with Gasteiger partial charge in [-0.1, -0.05) is 41.6 Å². The van der Waals surface area contributed by atoms with Gasteiger partial charge in [0.1, 0.15) is 11.6 Å². The topological polar surface area (TPSA) is 39.9 Å². The van der Waals surface area contributed by atoms with Gasteiger partial charge in [-0.05, 0) is 56.2 Å². The van der Waals surface area contributed by atoms with Gasteiger partial charge in [0, 0.05) is 11.4 Å². The van der Waals surface area contributed by atoms with E-state index in [4.69, 9.17) is 16.3 Å². The molecule has 0 aliphatic carbocycles. The molecular weight excluding hydrogens is 354 g/mol. The Morgan fingerprint density at radius 1 is 1.04 bits per heavy atom. The third-order valence-corrected chi connectivity index (χ3v) is 5.16. The molecule has 0 N–H and O–H groups in total. The molecule has 0 atom stereocenters. The Bertz CT molecular complexity index is 879.